The van der Waals surface area contributed by atoms with Crippen LogP contribution < -0.4 is 5.32 Å². The van der Waals surface area contributed by atoms with Crippen LogP contribution >= 0.6 is 11.6 Å². The van der Waals surface area contributed by atoms with Gasteiger partial charge in [-0.05, 0) is 13.3 Å². The van der Waals surface area contributed by atoms with Crippen LogP contribution in [-0.4, -0.2) is 77.8 Å². The SMILES string of the molecule is CCN1CCN(CCCNC(=O)N(CCCl)N=O)C(=O)C1=O. The van der Waals surface area contributed by atoms with E-state index in [2.05, 4.69) is 10.6 Å². The highest BCUT2D eigenvalue weighted by atomic mass is 35.5. The normalized spacial score (nSPS) is 15.0. The maximum absolute atomic E-state index is 11.8. The summed E-state index contributed by atoms with van der Waals surface area (Å²) in [4.78, 5) is 48.5. The Bertz CT molecular complexity index is 434. The number of nitrogens with one attached hydrogen (secondary N) is 1. The van der Waals surface area contributed by atoms with Crippen LogP contribution in [0.4, 0.5) is 4.79 Å². The van der Waals surface area contributed by atoms with Crippen molar-refractivity contribution in [2.75, 3.05) is 45.1 Å². The number of hydrogen-bond acceptors (Lipinski definition) is 5. The average molecular weight is 334 g/mol. The first-order chi connectivity index (χ1) is 10.5. The van der Waals surface area contributed by atoms with Crippen molar-refractivity contribution in [1.82, 2.24) is 20.1 Å². The monoisotopic (exact) mass is 333 g/mol. The molecule has 0 spiro atoms. The molecule has 9 nitrogen and oxygen atoms in total. The van der Waals surface area contributed by atoms with Gasteiger partial charge in [-0.3, -0.25) is 9.59 Å². The molecule has 1 saturated heterocycles. The smallest absolute Gasteiger partial charge is 0.336 e. The molecule has 4 amide bonds. The number of piperazine rings is 1. The average Bonchev–Trinajstić information content (AvgIpc) is 2.52. The summed E-state index contributed by atoms with van der Waals surface area (Å²) in [5.74, 6) is -0.897. The molecule has 1 N–H and O–H groups in total. The first kappa shape index (κ1) is 18.1. The Morgan fingerprint density at radius 2 is 1.95 bits per heavy atom. The van der Waals surface area contributed by atoms with Gasteiger partial charge in [-0.2, -0.15) is 5.01 Å². The van der Waals surface area contributed by atoms with Gasteiger partial charge in [-0.15, -0.1) is 16.5 Å². The molecule has 0 radical (unpaired) electrons. The summed E-state index contributed by atoms with van der Waals surface area (Å²) < 4.78 is 0. The second kappa shape index (κ2) is 9.19. The van der Waals surface area contributed by atoms with Crippen molar-refractivity contribution in [3.05, 3.63) is 4.91 Å². The predicted octanol–water partition coefficient (Wildman–Crippen LogP) is -0.00100. The molecular formula is C12H20ClN5O4. The molecule has 0 bridgehead atoms. The Labute approximate surface area is 133 Å². The van der Waals surface area contributed by atoms with Gasteiger partial charge in [0.2, 0.25) is 0 Å². The van der Waals surface area contributed by atoms with Crippen LogP contribution in [0.1, 0.15) is 13.3 Å². The van der Waals surface area contributed by atoms with Crippen molar-refractivity contribution < 1.29 is 14.4 Å². The van der Waals surface area contributed by atoms with Crippen LogP contribution in [0.3, 0.4) is 0 Å². The van der Waals surface area contributed by atoms with Crippen LogP contribution in [0.2, 0.25) is 0 Å². The van der Waals surface area contributed by atoms with E-state index < -0.39 is 17.8 Å². The highest BCUT2D eigenvalue weighted by Crippen LogP contribution is 2.05. The number of hydrogen-bond donors (Lipinski definition) is 1. The Balaban J connectivity index is 2.30. The minimum atomic E-state index is -0.631. The number of carbonyl (C=O) groups excluding carboxylic acids is 3. The van der Waals surface area contributed by atoms with E-state index in [0.29, 0.717) is 37.6 Å². The maximum atomic E-state index is 11.8. The van der Waals surface area contributed by atoms with Gasteiger partial charge < -0.3 is 15.1 Å². The lowest BCUT2D eigenvalue weighted by molar-refractivity contribution is -0.155. The highest BCUT2D eigenvalue weighted by Gasteiger charge is 2.30. The summed E-state index contributed by atoms with van der Waals surface area (Å²) in [7, 11) is 0. The van der Waals surface area contributed by atoms with Crippen molar-refractivity contribution in [1.29, 1.82) is 0 Å². The standard InChI is InChI=1S/C12H20ClN5O4/c1-2-16-8-9-17(11(20)10(16)19)6-3-5-14-12(21)18(15-22)7-4-13/h2-9H2,1H3,(H,14,21). The number of nitrogens with zero attached hydrogens (tertiary/aromatic N) is 4. The van der Waals surface area contributed by atoms with Gasteiger partial charge in [0.1, 0.15) is 0 Å². The lowest BCUT2D eigenvalue weighted by Gasteiger charge is -2.33. The summed E-state index contributed by atoms with van der Waals surface area (Å²) in [5, 5.41) is 5.76. The fourth-order valence-corrected chi connectivity index (χ4v) is 2.21. The van der Waals surface area contributed by atoms with Crippen LogP contribution in [0, 0.1) is 4.91 Å². The van der Waals surface area contributed by atoms with Gasteiger partial charge in [0.05, 0.1) is 11.8 Å². The van der Waals surface area contributed by atoms with Gasteiger partial charge >= 0.3 is 17.8 Å². The number of nitroso groups, excluding NO2 is 1. The first-order valence-corrected chi connectivity index (χ1v) is 7.61. The molecule has 1 aliphatic rings. The lowest BCUT2D eigenvalue weighted by atomic mass is 10.2. The molecule has 22 heavy (non-hydrogen) atoms. The maximum Gasteiger partial charge on any atom is 0.340 e. The van der Waals surface area contributed by atoms with Gasteiger partial charge in [0, 0.05) is 38.6 Å². The molecule has 1 aliphatic heterocycles. The third-order valence-electron chi connectivity index (χ3n) is 3.29. The van der Waals surface area contributed by atoms with E-state index in [1.807, 2.05) is 6.92 Å². The Morgan fingerprint density at radius 3 is 2.55 bits per heavy atom. The molecule has 0 unspecified atom stereocenters. The number of likely N-dealkylation sites (N-methyl/N-ethyl adjacent to an activating group) is 1. The van der Waals surface area contributed by atoms with E-state index in [-0.39, 0.29) is 19.0 Å². The van der Waals surface area contributed by atoms with Gasteiger partial charge in [0.15, 0.2) is 0 Å². The molecule has 0 aromatic rings. The topological polar surface area (TPSA) is 102 Å². The number of halogens is 1. The second-order valence-electron chi connectivity index (χ2n) is 4.66. The van der Waals surface area contributed by atoms with Crippen molar-refractivity contribution in [3.8, 4) is 0 Å². The predicted molar refractivity (Wildman–Crippen MR) is 80.1 cm³/mol. The summed E-state index contributed by atoms with van der Waals surface area (Å²) in [6.07, 6.45) is 0.477. The van der Waals surface area contributed by atoms with E-state index in [0.717, 1.165) is 0 Å². The molecule has 0 atom stereocenters. The van der Waals surface area contributed by atoms with Crippen LogP contribution in [0.15, 0.2) is 5.29 Å². The fraction of sp³-hybridized carbons (Fsp3) is 0.750. The number of urea groups is 1. The minimum absolute atomic E-state index is 0.0306. The first-order valence-electron chi connectivity index (χ1n) is 7.07. The van der Waals surface area contributed by atoms with Crippen LogP contribution in [0.25, 0.3) is 0 Å². The fourth-order valence-electron chi connectivity index (χ4n) is 2.05. The number of carbonyl (C=O) groups is 3. The van der Waals surface area contributed by atoms with Gasteiger partial charge in [0.25, 0.3) is 0 Å². The molecule has 10 heteroatoms. The molecule has 0 aromatic carbocycles. The molecule has 0 aromatic heterocycles. The van der Waals surface area contributed by atoms with Gasteiger partial charge in [-0.1, -0.05) is 0 Å². The van der Waals surface area contributed by atoms with Crippen LogP contribution in [-0.2, 0) is 9.59 Å². The molecule has 0 aliphatic carbocycles. The molecule has 1 fully saturated rings. The summed E-state index contributed by atoms with van der Waals surface area (Å²) in [6, 6.07) is -0.631. The van der Waals surface area contributed by atoms with Gasteiger partial charge in [-0.25, -0.2) is 4.79 Å². The summed E-state index contributed by atoms with van der Waals surface area (Å²) in [5.41, 5.74) is 0. The van der Waals surface area contributed by atoms with Crippen molar-refractivity contribution in [3.63, 3.8) is 0 Å². The third-order valence-corrected chi connectivity index (χ3v) is 3.46. The highest BCUT2D eigenvalue weighted by molar-refractivity contribution is 6.35. The lowest BCUT2D eigenvalue weighted by Crippen LogP contribution is -2.54. The Kier molecular flexibility index (Phi) is 7.58. The summed E-state index contributed by atoms with van der Waals surface area (Å²) in [6.45, 7) is 4.01. The van der Waals surface area contributed by atoms with Crippen molar-refractivity contribution >= 4 is 29.4 Å². The zero-order chi connectivity index (χ0) is 16.5. The zero-order valence-electron chi connectivity index (χ0n) is 12.5. The molecular weight excluding hydrogens is 314 g/mol. The van der Waals surface area contributed by atoms with E-state index >= 15 is 0 Å². The van der Waals surface area contributed by atoms with E-state index in [1.54, 1.807) is 0 Å². The molecule has 0 saturated carbocycles. The third kappa shape index (κ3) is 4.83. The molecule has 1 rings (SSSR count). The minimum Gasteiger partial charge on any atom is -0.336 e. The Morgan fingerprint density at radius 1 is 1.32 bits per heavy atom. The zero-order valence-corrected chi connectivity index (χ0v) is 13.2. The quantitative estimate of drug-likeness (QED) is 0.222. The number of rotatable bonds is 8. The molecule has 124 valence electrons. The Hall–Kier alpha value is -1.90. The second-order valence-corrected chi connectivity index (χ2v) is 5.03. The molecule has 1 heterocycles. The van der Waals surface area contributed by atoms with E-state index in [1.165, 1.54) is 9.80 Å². The van der Waals surface area contributed by atoms with E-state index in [9.17, 15) is 19.3 Å². The largest absolute Gasteiger partial charge is 0.340 e. The summed E-state index contributed by atoms with van der Waals surface area (Å²) >= 11 is 5.43. The number of alkyl halides is 1. The van der Waals surface area contributed by atoms with Crippen molar-refractivity contribution in [2.24, 2.45) is 5.29 Å². The number of amides is 4. The van der Waals surface area contributed by atoms with Crippen LogP contribution in [0.5, 0.6) is 0 Å². The van der Waals surface area contributed by atoms with E-state index in [4.69, 9.17) is 11.6 Å². The van der Waals surface area contributed by atoms with Crippen molar-refractivity contribution in [2.45, 2.75) is 13.3 Å².